The molecule has 0 spiro atoms. The van der Waals surface area contributed by atoms with Gasteiger partial charge in [-0.3, -0.25) is 0 Å². The maximum absolute atomic E-state index is 5.78. The van der Waals surface area contributed by atoms with Crippen LogP contribution in [0.4, 0.5) is 0 Å². The van der Waals surface area contributed by atoms with Crippen LogP contribution in [0.2, 0.25) is 0 Å². The van der Waals surface area contributed by atoms with E-state index in [1.54, 1.807) is 14.2 Å². The van der Waals surface area contributed by atoms with E-state index in [4.69, 9.17) is 23.7 Å². The number of para-hydroxylation sites is 1. The summed E-state index contributed by atoms with van der Waals surface area (Å²) in [5, 5.41) is 0. The van der Waals surface area contributed by atoms with Crippen molar-refractivity contribution in [2.75, 3.05) is 34.0 Å². The fourth-order valence-electron chi connectivity index (χ4n) is 2.12. The summed E-state index contributed by atoms with van der Waals surface area (Å²) in [6, 6.07) is 5.59. The Balaban J connectivity index is 1.75. The highest BCUT2D eigenvalue weighted by molar-refractivity contribution is 5.51. The molecule has 0 atom stereocenters. The molecule has 0 amide bonds. The van der Waals surface area contributed by atoms with Crippen molar-refractivity contribution in [2.45, 2.75) is 25.6 Å². The van der Waals surface area contributed by atoms with Crippen LogP contribution in [0.3, 0.4) is 0 Å². The van der Waals surface area contributed by atoms with Crippen LogP contribution in [0.5, 0.6) is 17.2 Å². The van der Waals surface area contributed by atoms with Gasteiger partial charge < -0.3 is 23.7 Å². The van der Waals surface area contributed by atoms with Crippen LogP contribution >= 0.6 is 0 Å². The van der Waals surface area contributed by atoms with Crippen molar-refractivity contribution >= 4 is 0 Å². The largest absolute Gasteiger partial charge is 0.493 e. The predicted molar refractivity (Wildman–Crippen MR) is 74.6 cm³/mol. The molecule has 1 aliphatic rings. The van der Waals surface area contributed by atoms with Crippen molar-refractivity contribution < 1.29 is 23.7 Å². The number of ether oxygens (including phenoxy) is 5. The summed E-state index contributed by atoms with van der Waals surface area (Å²) >= 11 is 0. The molecule has 0 aliphatic carbocycles. The molecule has 0 saturated carbocycles. The summed E-state index contributed by atoms with van der Waals surface area (Å²) in [6.07, 6.45) is 2.81. The quantitative estimate of drug-likeness (QED) is 0.686. The molecular formula is C15H22O5. The van der Waals surface area contributed by atoms with Gasteiger partial charge in [0.05, 0.1) is 34.0 Å². The molecule has 0 unspecified atom stereocenters. The average molecular weight is 282 g/mol. The van der Waals surface area contributed by atoms with Crippen LogP contribution in [-0.2, 0) is 9.47 Å². The second-order valence-electron chi connectivity index (χ2n) is 4.51. The molecule has 1 aromatic carbocycles. The molecule has 112 valence electrons. The lowest BCUT2D eigenvalue weighted by Gasteiger charge is -2.14. The zero-order chi connectivity index (χ0) is 14.2. The van der Waals surface area contributed by atoms with Crippen LogP contribution in [0.25, 0.3) is 0 Å². The van der Waals surface area contributed by atoms with Crippen molar-refractivity contribution in [1.29, 1.82) is 0 Å². The first kappa shape index (κ1) is 14.9. The van der Waals surface area contributed by atoms with E-state index < -0.39 is 0 Å². The topological polar surface area (TPSA) is 46.2 Å². The summed E-state index contributed by atoms with van der Waals surface area (Å²) in [4.78, 5) is 0. The Bertz CT molecular complexity index is 379. The Morgan fingerprint density at radius 3 is 2.30 bits per heavy atom. The van der Waals surface area contributed by atoms with Crippen molar-refractivity contribution in [2.24, 2.45) is 0 Å². The predicted octanol–water partition coefficient (Wildman–Crippen LogP) is 2.63. The smallest absolute Gasteiger partial charge is 0.203 e. The highest BCUT2D eigenvalue weighted by Gasteiger charge is 2.15. The van der Waals surface area contributed by atoms with E-state index in [0.717, 1.165) is 19.3 Å². The van der Waals surface area contributed by atoms with Gasteiger partial charge in [0.1, 0.15) is 0 Å². The zero-order valence-electron chi connectivity index (χ0n) is 12.1. The van der Waals surface area contributed by atoms with Crippen molar-refractivity contribution in [3.63, 3.8) is 0 Å². The van der Waals surface area contributed by atoms with E-state index >= 15 is 0 Å². The van der Waals surface area contributed by atoms with Gasteiger partial charge in [-0.15, -0.1) is 0 Å². The second-order valence-corrected chi connectivity index (χ2v) is 4.51. The van der Waals surface area contributed by atoms with E-state index in [2.05, 4.69) is 0 Å². The first-order chi connectivity index (χ1) is 9.85. The van der Waals surface area contributed by atoms with Crippen LogP contribution < -0.4 is 14.2 Å². The van der Waals surface area contributed by atoms with E-state index in [1.807, 2.05) is 18.2 Å². The Morgan fingerprint density at radius 2 is 1.70 bits per heavy atom. The molecule has 5 heteroatoms. The number of unbranched alkanes of at least 4 members (excludes halogenated alkanes) is 1. The van der Waals surface area contributed by atoms with Gasteiger partial charge in [0.25, 0.3) is 0 Å². The van der Waals surface area contributed by atoms with E-state index in [0.29, 0.717) is 37.1 Å². The van der Waals surface area contributed by atoms with Crippen molar-refractivity contribution in [3.8, 4) is 17.2 Å². The molecule has 5 nitrogen and oxygen atoms in total. The molecule has 1 saturated heterocycles. The third-order valence-corrected chi connectivity index (χ3v) is 3.15. The molecule has 1 aromatic rings. The van der Waals surface area contributed by atoms with Gasteiger partial charge >= 0.3 is 0 Å². The molecule has 1 aliphatic heterocycles. The number of methoxy groups -OCH3 is 2. The number of benzene rings is 1. The fraction of sp³-hybridized carbons (Fsp3) is 0.600. The summed E-state index contributed by atoms with van der Waals surface area (Å²) in [5.74, 6) is 2.03. The molecule has 0 bridgehead atoms. The molecular weight excluding hydrogens is 260 g/mol. The standard InChI is InChI=1S/C15H22O5/c1-16-12-6-5-7-13(17-2)15(12)20-9-4-3-8-14-18-10-11-19-14/h5-7,14H,3-4,8-11H2,1-2H3. The van der Waals surface area contributed by atoms with Crippen molar-refractivity contribution in [1.82, 2.24) is 0 Å². The molecule has 1 heterocycles. The molecule has 20 heavy (non-hydrogen) atoms. The first-order valence-corrected chi connectivity index (χ1v) is 6.92. The van der Waals surface area contributed by atoms with Crippen LogP contribution in [0.15, 0.2) is 18.2 Å². The van der Waals surface area contributed by atoms with Gasteiger partial charge in [0.2, 0.25) is 5.75 Å². The lowest BCUT2D eigenvalue weighted by atomic mass is 10.2. The van der Waals surface area contributed by atoms with Crippen LogP contribution in [0, 0.1) is 0 Å². The van der Waals surface area contributed by atoms with Gasteiger partial charge in [-0.25, -0.2) is 0 Å². The summed E-state index contributed by atoms with van der Waals surface area (Å²) in [7, 11) is 3.24. The monoisotopic (exact) mass is 282 g/mol. The second kappa shape index (κ2) is 7.97. The van der Waals surface area contributed by atoms with Gasteiger partial charge in [0.15, 0.2) is 17.8 Å². The Labute approximate surface area is 119 Å². The first-order valence-electron chi connectivity index (χ1n) is 6.92. The van der Waals surface area contributed by atoms with Gasteiger partial charge in [-0.05, 0) is 31.4 Å². The van der Waals surface area contributed by atoms with Gasteiger partial charge in [-0.2, -0.15) is 0 Å². The highest BCUT2D eigenvalue weighted by Crippen LogP contribution is 2.36. The molecule has 0 N–H and O–H groups in total. The SMILES string of the molecule is COc1cccc(OC)c1OCCCCC1OCCO1. The Morgan fingerprint density at radius 1 is 1.05 bits per heavy atom. The lowest BCUT2D eigenvalue weighted by molar-refractivity contribution is -0.0483. The van der Waals surface area contributed by atoms with Crippen LogP contribution in [-0.4, -0.2) is 40.3 Å². The average Bonchev–Trinajstić information content (AvgIpc) is 3.00. The molecule has 1 fully saturated rings. The summed E-state index contributed by atoms with van der Waals surface area (Å²) in [5.41, 5.74) is 0. The normalized spacial score (nSPS) is 15.3. The van der Waals surface area contributed by atoms with Crippen LogP contribution in [0.1, 0.15) is 19.3 Å². The van der Waals surface area contributed by atoms with E-state index in [9.17, 15) is 0 Å². The number of hydrogen-bond acceptors (Lipinski definition) is 5. The Kier molecular flexibility index (Phi) is 5.95. The number of hydrogen-bond donors (Lipinski definition) is 0. The van der Waals surface area contributed by atoms with Crippen molar-refractivity contribution in [3.05, 3.63) is 18.2 Å². The minimum absolute atomic E-state index is 0.0317. The summed E-state index contributed by atoms with van der Waals surface area (Å²) in [6.45, 7) is 2.03. The van der Waals surface area contributed by atoms with Gasteiger partial charge in [0, 0.05) is 0 Å². The third-order valence-electron chi connectivity index (χ3n) is 3.15. The lowest BCUT2D eigenvalue weighted by Crippen LogP contribution is -2.08. The zero-order valence-corrected chi connectivity index (χ0v) is 12.1. The van der Waals surface area contributed by atoms with Gasteiger partial charge in [-0.1, -0.05) is 6.07 Å². The highest BCUT2D eigenvalue weighted by atomic mass is 16.7. The number of rotatable bonds is 8. The molecule has 2 rings (SSSR count). The minimum Gasteiger partial charge on any atom is -0.493 e. The summed E-state index contributed by atoms with van der Waals surface area (Å²) < 4.78 is 27.1. The fourth-order valence-corrected chi connectivity index (χ4v) is 2.12. The molecule has 0 radical (unpaired) electrons. The minimum atomic E-state index is -0.0317. The van der Waals surface area contributed by atoms with E-state index in [-0.39, 0.29) is 6.29 Å². The molecule has 0 aromatic heterocycles. The van der Waals surface area contributed by atoms with E-state index in [1.165, 1.54) is 0 Å². The maximum atomic E-state index is 5.78. The maximum Gasteiger partial charge on any atom is 0.203 e. The Hall–Kier alpha value is -1.46. The third kappa shape index (κ3) is 4.02.